The van der Waals surface area contributed by atoms with Gasteiger partial charge in [0.1, 0.15) is 11.6 Å². The second-order valence-corrected chi connectivity index (χ2v) is 6.89. The third-order valence-electron chi connectivity index (χ3n) is 2.89. The van der Waals surface area contributed by atoms with Crippen molar-refractivity contribution in [2.24, 2.45) is 0 Å². The highest BCUT2D eigenvalue weighted by molar-refractivity contribution is 7.89. The predicted octanol–water partition coefficient (Wildman–Crippen LogP) is 2.24. The molecular weight excluding hydrogens is 335 g/mol. The summed E-state index contributed by atoms with van der Waals surface area (Å²) >= 11 is 0. The smallest absolute Gasteiger partial charge is 0.266 e. The third-order valence-corrected chi connectivity index (χ3v) is 4.14. The maximum absolute atomic E-state index is 13.1. The molecule has 2 N–H and O–H groups in total. The highest BCUT2D eigenvalue weighted by Gasteiger charge is 2.16. The van der Waals surface area contributed by atoms with Crippen LogP contribution in [0.4, 0.5) is 4.39 Å². The molecule has 2 aromatic carbocycles. The van der Waals surface area contributed by atoms with Crippen LogP contribution in [0, 0.1) is 5.82 Å². The molecule has 0 aromatic heterocycles. The molecule has 0 bridgehead atoms. The second-order valence-electron chi connectivity index (χ2n) is 5.21. The summed E-state index contributed by atoms with van der Waals surface area (Å²) in [6.07, 6.45) is 0.00255. The van der Waals surface area contributed by atoms with E-state index in [1.165, 1.54) is 24.3 Å². The summed E-state index contributed by atoms with van der Waals surface area (Å²) in [5, 5.41) is 0. The van der Waals surface area contributed by atoms with Gasteiger partial charge in [-0.1, -0.05) is 6.07 Å². The normalized spacial score (nSPS) is 11.3. The second kappa shape index (κ2) is 7.41. The van der Waals surface area contributed by atoms with Gasteiger partial charge in [0.25, 0.3) is 15.9 Å². The Balaban J connectivity index is 2.02. The van der Waals surface area contributed by atoms with Crippen molar-refractivity contribution in [1.29, 1.82) is 0 Å². The molecule has 2 aromatic rings. The highest BCUT2D eigenvalue weighted by atomic mass is 32.2. The first kappa shape index (κ1) is 17.9. The van der Waals surface area contributed by atoms with Gasteiger partial charge in [-0.3, -0.25) is 10.2 Å². The van der Waals surface area contributed by atoms with Crippen LogP contribution in [-0.4, -0.2) is 20.4 Å². The summed E-state index contributed by atoms with van der Waals surface area (Å²) in [5.74, 6) is -0.738. The van der Waals surface area contributed by atoms with E-state index >= 15 is 0 Å². The first-order chi connectivity index (χ1) is 11.3. The Bertz CT molecular complexity index is 820. The molecule has 0 atom stereocenters. The highest BCUT2D eigenvalue weighted by Crippen LogP contribution is 2.14. The Morgan fingerprint density at radius 1 is 1.12 bits per heavy atom. The van der Waals surface area contributed by atoms with E-state index in [2.05, 4.69) is 5.43 Å². The summed E-state index contributed by atoms with van der Waals surface area (Å²) in [4.78, 5) is 13.6. The van der Waals surface area contributed by atoms with Gasteiger partial charge in [-0.2, -0.15) is 0 Å². The number of sulfonamides is 1. The lowest BCUT2D eigenvalue weighted by molar-refractivity contribution is 0.0945. The largest absolute Gasteiger partial charge is 0.491 e. The minimum absolute atomic E-state index is 0.00255. The summed E-state index contributed by atoms with van der Waals surface area (Å²) in [7, 11) is -4.06. The zero-order valence-electron chi connectivity index (χ0n) is 13.1. The van der Waals surface area contributed by atoms with Gasteiger partial charge in [-0.15, -0.1) is 4.83 Å². The Kier molecular flexibility index (Phi) is 5.53. The topological polar surface area (TPSA) is 84.5 Å². The van der Waals surface area contributed by atoms with Crippen molar-refractivity contribution in [3.8, 4) is 5.75 Å². The molecule has 8 heteroatoms. The van der Waals surface area contributed by atoms with E-state index in [4.69, 9.17) is 4.74 Å². The number of halogens is 1. The molecule has 0 unspecified atom stereocenters. The standard InChI is InChI=1S/C16H17FN2O4S/c1-11(2)23-14-8-6-12(7-9-14)16(20)18-19-24(21,22)15-5-3-4-13(17)10-15/h3-11,19H,1-2H3,(H,18,20). The number of hydrazine groups is 1. The molecule has 0 aliphatic rings. The van der Waals surface area contributed by atoms with E-state index in [1.807, 2.05) is 18.7 Å². The van der Waals surface area contributed by atoms with Gasteiger partial charge in [0.05, 0.1) is 11.0 Å². The molecule has 2 rings (SSSR count). The Morgan fingerprint density at radius 2 is 1.79 bits per heavy atom. The van der Waals surface area contributed by atoms with E-state index in [-0.39, 0.29) is 16.6 Å². The van der Waals surface area contributed by atoms with E-state index in [0.29, 0.717) is 5.75 Å². The van der Waals surface area contributed by atoms with Crippen LogP contribution in [0.25, 0.3) is 0 Å². The van der Waals surface area contributed by atoms with Crippen molar-refractivity contribution < 1.29 is 22.3 Å². The molecule has 1 amide bonds. The van der Waals surface area contributed by atoms with Crippen molar-refractivity contribution in [1.82, 2.24) is 10.3 Å². The van der Waals surface area contributed by atoms with Crippen LogP contribution in [-0.2, 0) is 10.0 Å². The summed E-state index contributed by atoms with van der Waals surface area (Å²) in [6, 6.07) is 10.7. The van der Waals surface area contributed by atoms with Crippen molar-refractivity contribution >= 4 is 15.9 Å². The number of rotatable bonds is 6. The van der Waals surface area contributed by atoms with Crippen LogP contribution in [0.1, 0.15) is 24.2 Å². The molecule has 0 radical (unpaired) electrons. The molecule has 0 saturated heterocycles. The average Bonchev–Trinajstić information content (AvgIpc) is 2.53. The van der Waals surface area contributed by atoms with E-state index in [1.54, 1.807) is 12.1 Å². The molecule has 128 valence electrons. The van der Waals surface area contributed by atoms with Gasteiger partial charge in [0.15, 0.2) is 0 Å². The molecule has 0 saturated carbocycles. The zero-order chi connectivity index (χ0) is 17.7. The number of ether oxygens (including phenoxy) is 1. The molecule has 0 heterocycles. The quantitative estimate of drug-likeness (QED) is 0.781. The summed E-state index contributed by atoms with van der Waals surface area (Å²) < 4.78 is 42.5. The molecule has 0 spiro atoms. The van der Waals surface area contributed by atoms with Gasteiger partial charge in [0, 0.05) is 5.56 Å². The van der Waals surface area contributed by atoms with Gasteiger partial charge in [0.2, 0.25) is 0 Å². The third kappa shape index (κ3) is 4.77. The Hall–Kier alpha value is -2.45. The number of carbonyl (C=O) groups is 1. The van der Waals surface area contributed by atoms with Gasteiger partial charge >= 0.3 is 0 Å². The summed E-state index contributed by atoms with van der Waals surface area (Å²) in [6.45, 7) is 3.75. The van der Waals surface area contributed by atoms with Crippen molar-refractivity contribution in [2.45, 2.75) is 24.8 Å². The molecule has 0 aliphatic heterocycles. The number of benzene rings is 2. The maximum atomic E-state index is 13.1. The first-order valence-electron chi connectivity index (χ1n) is 7.12. The lowest BCUT2D eigenvalue weighted by Crippen LogP contribution is -2.41. The van der Waals surface area contributed by atoms with E-state index in [0.717, 1.165) is 12.1 Å². The van der Waals surface area contributed by atoms with Crippen LogP contribution >= 0.6 is 0 Å². The Morgan fingerprint density at radius 3 is 2.38 bits per heavy atom. The van der Waals surface area contributed by atoms with E-state index < -0.39 is 21.7 Å². The van der Waals surface area contributed by atoms with Crippen LogP contribution in [0.5, 0.6) is 5.75 Å². The summed E-state index contributed by atoms with van der Waals surface area (Å²) in [5.41, 5.74) is 2.32. The zero-order valence-corrected chi connectivity index (χ0v) is 13.9. The van der Waals surface area contributed by atoms with E-state index in [9.17, 15) is 17.6 Å². The number of carbonyl (C=O) groups excluding carboxylic acids is 1. The predicted molar refractivity (Wildman–Crippen MR) is 86.4 cm³/mol. The Labute approximate surface area is 139 Å². The first-order valence-corrected chi connectivity index (χ1v) is 8.61. The minimum Gasteiger partial charge on any atom is -0.491 e. The molecule has 0 fully saturated rings. The molecule has 24 heavy (non-hydrogen) atoms. The fourth-order valence-corrected chi connectivity index (χ4v) is 2.71. The van der Waals surface area contributed by atoms with Crippen molar-refractivity contribution in [3.05, 3.63) is 59.9 Å². The van der Waals surface area contributed by atoms with Crippen LogP contribution < -0.4 is 15.0 Å². The number of hydrogen-bond donors (Lipinski definition) is 2. The van der Waals surface area contributed by atoms with Crippen molar-refractivity contribution in [2.75, 3.05) is 0 Å². The van der Waals surface area contributed by atoms with Gasteiger partial charge in [-0.25, -0.2) is 12.8 Å². The lowest BCUT2D eigenvalue weighted by atomic mass is 10.2. The number of nitrogens with one attached hydrogen (secondary N) is 2. The van der Waals surface area contributed by atoms with Gasteiger partial charge in [-0.05, 0) is 56.3 Å². The average molecular weight is 352 g/mol. The fourth-order valence-electron chi connectivity index (χ4n) is 1.84. The monoisotopic (exact) mass is 352 g/mol. The van der Waals surface area contributed by atoms with Crippen molar-refractivity contribution in [3.63, 3.8) is 0 Å². The van der Waals surface area contributed by atoms with Crippen LogP contribution in [0.15, 0.2) is 53.4 Å². The van der Waals surface area contributed by atoms with Crippen LogP contribution in [0.2, 0.25) is 0 Å². The minimum atomic E-state index is -4.06. The number of amides is 1. The maximum Gasteiger partial charge on any atom is 0.266 e. The lowest BCUT2D eigenvalue weighted by Gasteiger charge is -2.11. The fraction of sp³-hybridized carbons (Fsp3) is 0.188. The molecule has 0 aliphatic carbocycles. The van der Waals surface area contributed by atoms with Gasteiger partial charge < -0.3 is 4.74 Å². The molecular formula is C16H17FN2O4S. The SMILES string of the molecule is CC(C)Oc1ccc(C(=O)NNS(=O)(=O)c2cccc(F)c2)cc1. The number of hydrogen-bond acceptors (Lipinski definition) is 4. The van der Waals surface area contributed by atoms with Crippen LogP contribution in [0.3, 0.4) is 0 Å². The molecule has 6 nitrogen and oxygen atoms in total.